The fraction of sp³-hybridized carbons (Fsp3) is 0.409. The van der Waals surface area contributed by atoms with E-state index in [9.17, 15) is 13.2 Å². The number of aromatic carboxylic acids is 1. The van der Waals surface area contributed by atoms with Crippen molar-refractivity contribution in [1.82, 2.24) is 9.62 Å². The highest BCUT2D eigenvalue weighted by molar-refractivity contribution is 7.89. The topological polar surface area (TPSA) is 86.7 Å². The van der Waals surface area contributed by atoms with Gasteiger partial charge in [-0.15, -0.1) is 0 Å². The van der Waals surface area contributed by atoms with Crippen LogP contribution >= 0.6 is 0 Å². The lowest BCUT2D eigenvalue weighted by molar-refractivity contribution is 0.0692. The van der Waals surface area contributed by atoms with Gasteiger partial charge < -0.3 is 5.11 Å². The minimum absolute atomic E-state index is 0.183. The molecule has 0 unspecified atom stereocenters. The van der Waals surface area contributed by atoms with E-state index in [-0.39, 0.29) is 10.5 Å². The molecule has 0 aromatic heterocycles. The number of carboxylic acids is 1. The minimum atomic E-state index is -3.81. The predicted molar refractivity (Wildman–Crippen MR) is 112 cm³/mol. The van der Waals surface area contributed by atoms with Crippen LogP contribution in [0, 0.1) is 0 Å². The van der Waals surface area contributed by atoms with Crippen molar-refractivity contribution in [1.29, 1.82) is 0 Å². The van der Waals surface area contributed by atoms with Gasteiger partial charge in [-0.1, -0.05) is 49.2 Å². The van der Waals surface area contributed by atoms with Crippen molar-refractivity contribution in [2.45, 2.75) is 43.5 Å². The largest absolute Gasteiger partial charge is 0.478 e. The number of carboxylic acid groups (broad SMARTS) is 1. The zero-order valence-corrected chi connectivity index (χ0v) is 17.3. The van der Waals surface area contributed by atoms with E-state index in [2.05, 4.69) is 33.9 Å². The maximum Gasteiger partial charge on any atom is 0.337 e. The summed E-state index contributed by atoms with van der Waals surface area (Å²) < 4.78 is 27.3. The zero-order valence-electron chi connectivity index (χ0n) is 16.5. The first-order chi connectivity index (χ1) is 14.0. The molecular weight excluding hydrogens is 388 g/mol. The molecule has 0 fully saturated rings. The third-order valence-corrected chi connectivity index (χ3v) is 6.83. The average molecular weight is 417 g/mol. The number of nitrogens with zero attached hydrogens (tertiary/aromatic N) is 1. The molecule has 2 aromatic rings. The fourth-order valence-electron chi connectivity index (χ4n) is 3.72. The van der Waals surface area contributed by atoms with Crippen molar-refractivity contribution in [3.63, 3.8) is 0 Å². The Morgan fingerprint density at radius 1 is 0.966 bits per heavy atom. The van der Waals surface area contributed by atoms with Gasteiger partial charge in [-0.25, -0.2) is 17.9 Å². The normalized spacial score (nSPS) is 14.5. The SMILES string of the molecule is O=C(O)c1ccccc1S(=O)(=O)NCCCCCCN1CCc2ccccc2C1. The third-order valence-electron chi connectivity index (χ3n) is 5.31. The van der Waals surface area contributed by atoms with Crippen LogP contribution < -0.4 is 4.72 Å². The number of nitrogens with one attached hydrogen (secondary N) is 1. The van der Waals surface area contributed by atoms with E-state index in [1.807, 2.05) is 0 Å². The first-order valence-corrected chi connectivity index (χ1v) is 11.6. The molecule has 7 heteroatoms. The number of unbranched alkanes of at least 4 members (excludes halogenated alkanes) is 3. The second kappa shape index (κ2) is 10.0. The summed E-state index contributed by atoms with van der Waals surface area (Å²) in [5, 5.41) is 9.16. The van der Waals surface area contributed by atoms with E-state index in [1.165, 1.54) is 35.4 Å². The zero-order chi connectivity index (χ0) is 20.7. The van der Waals surface area contributed by atoms with Crippen molar-refractivity contribution in [3.8, 4) is 0 Å². The van der Waals surface area contributed by atoms with Gasteiger partial charge in [0, 0.05) is 19.6 Å². The Kier molecular flexibility index (Phi) is 7.41. The van der Waals surface area contributed by atoms with Crippen LogP contribution in [0.2, 0.25) is 0 Å². The van der Waals surface area contributed by atoms with E-state index < -0.39 is 16.0 Å². The van der Waals surface area contributed by atoms with Gasteiger partial charge in [0.25, 0.3) is 0 Å². The second-order valence-electron chi connectivity index (χ2n) is 7.41. The van der Waals surface area contributed by atoms with Gasteiger partial charge in [0.1, 0.15) is 0 Å². The molecule has 0 saturated heterocycles. The fourth-order valence-corrected chi connectivity index (χ4v) is 4.99. The average Bonchev–Trinajstić information content (AvgIpc) is 2.73. The van der Waals surface area contributed by atoms with Gasteiger partial charge in [0.05, 0.1) is 10.5 Å². The molecule has 3 rings (SSSR count). The van der Waals surface area contributed by atoms with Crippen LogP contribution in [-0.2, 0) is 23.0 Å². The van der Waals surface area contributed by atoms with Crippen LogP contribution in [0.15, 0.2) is 53.4 Å². The quantitative estimate of drug-likeness (QED) is 0.581. The molecule has 0 aliphatic carbocycles. The molecule has 0 amide bonds. The maximum absolute atomic E-state index is 12.4. The Labute approximate surface area is 172 Å². The summed E-state index contributed by atoms with van der Waals surface area (Å²) in [4.78, 5) is 13.5. The van der Waals surface area contributed by atoms with E-state index in [4.69, 9.17) is 5.11 Å². The summed E-state index contributed by atoms with van der Waals surface area (Å²) in [6.07, 6.45) is 4.92. The number of carbonyl (C=O) groups is 1. The van der Waals surface area contributed by atoms with Gasteiger partial charge in [-0.05, 0) is 49.1 Å². The second-order valence-corrected chi connectivity index (χ2v) is 9.14. The van der Waals surface area contributed by atoms with E-state index in [0.717, 1.165) is 51.7 Å². The van der Waals surface area contributed by atoms with Gasteiger partial charge in [0.2, 0.25) is 10.0 Å². The van der Waals surface area contributed by atoms with Crippen molar-refractivity contribution in [2.75, 3.05) is 19.6 Å². The molecule has 0 spiro atoms. The molecule has 6 nitrogen and oxygen atoms in total. The molecule has 2 N–H and O–H groups in total. The Hall–Kier alpha value is -2.22. The van der Waals surface area contributed by atoms with Crippen LogP contribution in [0.3, 0.4) is 0 Å². The number of sulfonamides is 1. The van der Waals surface area contributed by atoms with Gasteiger partial charge >= 0.3 is 5.97 Å². The molecule has 0 radical (unpaired) electrons. The summed E-state index contributed by atoms with van der Waals surface area (Å²) in [6, 6.07) is 14.3. The highest BCUT2D eigenvalue weighted by Crippen LogP contribution is 2.19. The number of fused-ring (bicyclic) bond motifs is 1. The van der Waals surface area contributed by atoms with Crippen LogP contribution in [-0.4, -0.2) is 44.0 Å². The number of hydrogen-bond acceptors (Lipinski definition) is 4. The highest BCUT2D eigenvalue weighted by Gasteiger charge is 2.21. The number of rotatable bonds is 10. The summed E-state index contributed by atoms with van der Waals surface area (Å²) >= 11 is 0. The van der Waals surface area contributed by atoms with Crippen LogP contribution in [0.25, 0.3) is 0 Å². The summed E-state index contributed by atoms with van der Waals surface area (Å²) in [7, 11) is -3.81. The predicted octanol–water partition coefficient (Wildman–Crippen LogP) is 3.28. The smallest absolute Gasteiger partial charge is 0.337 e. The summed E-state index contributed by atoms with van der Waals surface area (Å²) in [5.74, 6) is -1.24. The Morgan fingerprint density at radius 3 is 2.45 bits per heavy atom. The summed E-state index contributed by atoms with van der Waals surface area (Å²) in [6.45, 7) is 3.48. The van der Waals surface area contributed by atoms with E-state index >= 15 is 0 Å². The van der Waals surface area contributed by atoms with Gasteiger partial charge in [-0.3, -0.25) is 4.90 Å². The molecule has 0 atom stereocenters. The molecule has 1 heterocycles. The lowest BCUT2D eigenvalue weighted by Crippen LogP contribution is -2.31. The molecule has 29 heavy (non-hydrogen) atoms. The lowest BCUT2D eigenvalue weighted by atomic mass is 10.00. The lowest BCUT2D eigenvalue weighted by Gasteiger charge is -2.28. The monoisotopic (exact) mass is 416 g/mol. The number of benzene rings is 2. The van der Waals surface area contributed by atoms with Gasteiger partial charge in [0.15, 0.2) is 0 Å². The summed E-state index contributed by atoms with van der Waals surface area (Å²) in [5.41, 5.74) is 2.68. The molecule has 1 aliphatic heterocycles. The van der Waals surface area contributed by atoms with Gasteiger partial charge in [-0.2, -0.15) is 0 Å². The maximum atomic E-state index is 12.4. The van der Waals surface area contributed by atoms with Crippen molar-refractivity contribution >= 4 is 16.0 Å². The molecule has 0 saturated carbocycles. The van der Waals surface area contributed by atoms with Crippen LogP contribution in [0.1, 0.15) is 47.2 Å². The first-order valence-electron chi connectivity index (χ1n) is 10.1. The first kappa shape index (κ1) is 21.5. The Morgan fingerprint density at radius 2 is 1.66 bits per heavy atom. The molecular formula is C22H28N2O4S. The Bertz CT molecular complexity index is 943. The van der Waals surface area contributed by atoms with Crippen molar-refractivity contribution in [2.24, 2.45) is 0 Å². The minimum Gasteiger partial charge on any atom is -0.478 e. The van der Waals surface area contributed by atoms with Crippen molar-refractivity contribution in [3.05, 3.63) is 65.2 Å². The Balaban J connectivity index is 1.35. The molecule has 2 aromatic carbocycles. The van der Waals surface area contributed by atoms with Crippen LogP contribution in [0.5, 0.6) is 0 Å². The number of hydrogen-bond donors (Lipinski definition) is 2. The van der Waals surface area contributed by atoms with E-state index in [0.29, 0.717) is 6.54 Å². The third kappa shape index (κ3) is 5.88. The molecule has 0 bridgehead atoms. The molecule has 1 aliphatic rings. The van der Waals surface area contributed by atoms with Crippen molar-refractivity contribution < 1.29 is 18.3 Å². The highest BCUT2D eigenvalue weighted by atomic mass is 32.2. The standard InChI is InChI=1S/C22H28N2O4S/c25-22(26)20-11-5-6-12-21(20)29(27,28)23-14-7-1-2-8-15-24-16-13-18-9-3-4-10-19(18)17-24/h3-6,9-12,23H,1-2,7-8,13-17H2,(H,25,26). The van der Waals surface area contributed by atoms with E-state index in [1.54, 1.807) is 0 Å². The van der Waals surface area contributed by atoms with Crippen LogP contribution in [0.4, 0.5) is 0 Å². The molecule has 156 valence electrons.